The molecule has 17 heavy (non-hydrogen) atoms. The Balaban J connectivity index is 3.14. The molecule has 0 aliphatic carbocycles. The standard InChI is InChI=1S/C13H26N2O2/c1-14-10-6-4-5-9-13(17)15-11-7-2-3-8-12-16/h12,14H,2-11H2,1H3,(H,15,17). The van der Waals surface area contributed by atoms with Gasteiger partial charge in [-0.3, -0.25) is 4.79 Å². The lowest BCUT2D eigenvalue weighted by Gasteiger charge is -2.04. The van der Waals surface area contributed by atoms with Gasteiger partial charge in [0.1, 0.15) is 6.29 Å². The van der Waals surface area contributed by atoms with Crippen LogP contribution in [-0.2, 0) is 9.59 Å². The maximum Gasteiger partial charge on any atom is 0.219 e. The lowest BCUT2D eigenvalue weighted by atomic mass is 10.2. The number of aldehydes is 1. The van der Waals surface area contributed by atoms with E-state index < -0.39 is 0 Å². The third kappa shape index (κ3) is 13.0. The predicted molar refractivity (Wildman–Crippen MR) is 69.9 cm³/mol. The van der Waals surface area contributed by atoms with Crippen LogP contribution in [0.15, 0.2) is 0 Å². The largest absolute Gasteiger partial charge is 0.356 e. The van der Waals surface area contributed by atoms with Gasteiger partial charge in [-0.1, -0.05) is 12.8 Å². The van der Waals surface area contributed by atoms with Crippen molar-refractivity contribution in [3.05, 3.63) is 0 Å². The summed E-state index contributed by atoms with van der Waals surface area (Å²) < 4.78 is 0. The molecule has 1 amide bonds. The van der Waals surface area contributed by atoms with Gasteiger partial charge in [0.25, 0.3) is 0 Å². The first-order valence-corrected chi connectivity index (χ1v) is 6.66. The summed E-state index contributed by atoms with van der Waals surface area (Å²) >= 11 is 0. The molecule has 0 aliphatic heterocycles. The molecule has 2 N–H and O–H groups in total. The average molecular weight is 242 g/mol. The van der Waals surface area contributed by atoms with Gasteiger partial charge >= 0.3 is 0 Å². The summed E-state index contributed by atoms with van der Waals surface area (Å²) in [6, 6.07) is 0. The molecule has 0 unspecified atom stereocenters. The smallest absolute Gasteiger partial charge is 0.219 e. The van der Waals surface area contributed by atoms with Crippen molar-refractivity contribution >= 4 is 12.2 Å². The second kappa shape index (κ2) is 13.2. The Morgan fingerprint density at radius 2 is 1.71 bits per heavy atom. The van der Waals surface area contributed by atoms with E-state index in [0.29, 0.717) is 12.8 Å². The molecule has 0 aromatic heterocycles. The average Bonchev–Trinajstić information content (AvgIpc) is 2.33. The van der Waals surface area contributed by atoms with Crippen molar-refractivity contribution in [3.8, 4) is 0 Å². The Morgan fingerprint density at radius 3 is 2.41 bits per heavy atom. The summed E-state index contributed by atoms with van der Waals surface area (Å²) in [5, 5.41) is 6.00. The summed E-state index contributed by atoms with van der Waals surface area (Å²) in [5.74, 6) is 0.157. The van der Waals surface area contributed by atoms with Crippen LogP contribution in [0.3, 0.4) is 0 Å². The Kier molecular flexibility index (Phi) is 12.5. The maximum absolute atomic E-state index is 11.4. The van der Waals surface area contributed by atoms with Crippen LogP contribution in [0.2, 0.25) is 0 Å². The molecule has 0 rings (SSSR count). The minimum atomic E-state index is 0.157. The van der Waals surface area contributed by atoms with Crippen LogP contribution in [0.5, 0.6) is 0 Å². The molecule has 4 heteroatoms. The van der Waals surface area contributed by atoms with Gasteiger partial charge in [-0.25, -0.2) is 0 Å². The van der Waals surface area contributed by atoms with Gasteiger partial charge in [0.05, 0.1) is 0 Å². The molecule has 0 spiro atoms. The molecule has 0 saturated carbocycles. The topological polar surface area (TPSA) is 58.2 Å². The Hall–Kier alpha value is -0.900. The first-order chi connectivity index (χ1) is 8.31. The van der Waals surface area contributed by atoms with Gasteiger partial charge < -0.3 is 15.4 Å². The minimum absolute atomic E-state index is 0.157. The molecule has 0 aromatic carbocycles. The van der Waals surface area contributed by atoms with Crippen molar-refractivity contribution in [2.24, 2.45) is 0 Å². The zero-order valence-corrected chi connectivity index (χ0v) is 11.0. The second-order valence-electron chi connectivity index (χ2n) is 4.28. The van der Waals surface area contributed by atoms with Crippen molar-refractivity contribution in [2.45, 2.75) is 51.4 Å². The number of carbonyl (C=O) groups excluding carboxylic acids is 2. The molecule has 0 heterocycles. The monoisotopic (exact) mass is 242 g/mol. The molecule has 4 nitrogen and oxygen atoms in total. The Bertz CT molecular complexity index is 196. The molecule has 0 radical (unpaired) electrons. The van der Waals surface area contributed by atoms with E-state index in [4.69, 9.17) is 0 Å². The number of unbranched alkanes of at least 4 members (excludes halogenated alkanes) is 5. The van der Waals surface area contributed by atoms with E-state index >= 15 is 0 Å². The number of rotatable bonds is 12. The molecule has 0 aliphatic rings. The van der Waals surface area contributed by atoms with E-state index in [0.717, 1.165) is 57.9 Å². The first-order valence-electron chi connectivity index (χ1n) is 6.66. The predicted octanol–water partition coefficient (Wildman–Crippen LogP) is 1.64. The van der Waals surface area contributed by atoms with E-state index in [-0.39, 0.29) is 5.91 Å². The van der Waals surface area contributed by atoms with Gasteiger partial charge in [0.2, 0.25) is 5.91 Å². The zero-order chi connectivity index (χ0) is 12.8. The number of amides is 1. The van der Waals surface area contributed by atoms with Gasteiger partial charge in [-0.2, -0.15) is 0 Å². The number of hydrogen-bond acceptors (Lipinski definition) is 3. The van der Waals surface area contributed by atoms with Crippen molar-refractivity contribution in [1.82, 2.24) is 10.6 Å². The zero-order valence-electron chi connectivity index (χ0n) is 11.0. The third-order valence-electron chi connectivity index (χ3n) is 2.65. The van der Waals surface area contributed by atoms with Crippen LogP contribution in [0.4, 0.5) is 0 Å². The molecule has 0 aromatic rings. The fourth-order valence-electron chi connectivity index (χ4n) is 1.61. The SMILES string of the molecule is CNCCCCCC(=O)NCCCCCC=O. The molecule has 0 saturated heterocycles. The fourth-order valence-corrected chi connectivity index (χ4v) is 1.61. The lowest BCUT2D eigenvalue weighted by molar-refractivity contribution is -0.121. The van der Waals surface area contributed by atoms with E-state index in [1.54, 1.807) is 0 Å². The number of carbonyl (C=O) groups is 2. The van der Waals surface area contributed by atoms with E-state index in [2.05, 4.69) is 10.6 Å². The van der Waals surface area contributed by atoms with Gasteiger partial charge in [0.15, 0.2) is 0 Å². The van der Waals surface area contributed by atoms with Crippen molar-refractivity contribution in [2.75, 3.05) is 20.1 Å². The summed E-state index contributed by atoms with van der Waals surface area (Å²) in [6.07, 6.45) is 8.35. The molecule has 0 atom stereocenters. The van der Waals surface area contributed by atoms with Crippen molar-refractivity contribution < 1.29 is 9.59 Å². The quantitative estimate of drug-likeness (QED) is 0.404. The number of nitrogens with one attached hydrogen (secondary N) is 2. The van der Waals surface area contributed by atoms with Crippen LogP contribution in [0.25, 0.3) is 0 Å². The van der Waals surface area contributed by atoms with Gasteiger partial charge in [0, 0.05) is 19.4 Å². The summed E-state index contributed by atoms with van der Waals surface area (Å²) in [7, 11) is 1.94. The number of hydrogen-bond donors (Lipinski definition) is 2. The lowest BCUT2D eigenvalue weighted by Crippen LogP contribution is -2.24. The highest BCUT2D eigenvalue weighted by atomic mass is 16.1. The third-order valence-corrected chi connectivity index (χ3v) is 2.65. The van der Waals surface area contributed by atoms with Crippen LogP contribution in [0, 0.1) is 0 Å². The van der Waals surface area contributed by atoms with E-state index in [1.807, 2.05) is 7.05 Å². The molecular weight excluding hydrogens is 216 g/mol. The van der Waals surface area contributed by atoms with E-state index in [1.165, 1.54) is 0 Å². The summed E-state index contributed by atoms with van der Waals surface area (Å²) in [5.41, 5.74) is 0. The maximum atomic E-state index is 11.4. The summed E-state index contributed by atoms with van der Waals surface area (Å²) in [4.78, 5) is 21.4. The van der Waals surface area contributed by atoms with Crippen LogP contribution in [-0.4, -0.2) is 32.3 Å². The van der Waals surface area contributed by atoms with Gasteiger partial charge in [-0.05, 0) is 39.3 Å². The second-order valence-corrected chi connectivity index (χ2v) is 4.28. The fraction of sp³-hybridized carbons (Fsp3) is 0.846. The highest BCUT2D eigenvalue weighted by molar-refractivity contribution is 5.75. The molecule has 0 fully saturated rings. The van der Waals surface area contributed by atoms with Gasteiger partial charge in [-0.15, -0.1) is 0 Å². The molecule has 100 valence electrons. The van der Waals surface area contributed by atoms with Crippen molar-refractivity contribution in [1.29, 1.82) is 0 Å². The van der Waals surface area contributed by atoms with Crippen LogP contribution in [0.1, 0.15) is 51.4 Å². The highest BCUT2D eigenvalue weighted by Crippen LogP contribution is 2.00. The highest BCUT2D eigenvalue weighted by Gasteiger charge is 1.99. The normalized spacial score (nSPS) is 10.2. The molecular formula is C13H26N2O2. The Labute approximate surface area is 105 Å². The summed E-state index contributed by atoms with van der Waals surface area (Å²) in [6.45, 7) is 1.77. The first kappa shape index (κ1) is 16.1. The van der Waals surface area contributed by atoms with Crippen LogP contribution >= 0.6 is 0 Å². The van der Waals surface area contributed by atoms with Crippen molar-refractivity contribution in [3.63, 3.8) is 0 Å². The van der Waals surface area contributed by atoms with E-state index in [9.17, 15) is 9.59 Å². The Morgan fingerprint density at radius 1 is 1.00 bits per heavy atom. The van der Waals surface area contributed by atoms with Crippen LogP contribution < -0.4 is 10.6 Å². The minimum Gasteiger partial charge on any atom is -0.356 e. The molecule has 0 bridgehead atoms.